The van der Waals surface area contributed by atoms with Gasteiger partial charge in [-0.25, -0.2) is 0 Å². The lowest BCUT2D eigenvalue weighted by Gasteiger charge is -2.08. The topological polar surface area (TPSA) is 43.4 Å². The fourth-order valence-electron chi connectivity index (χ4n) is 0.922. The number of benzene rings is 1. The van der Waals surface area contributed by atoms with E-state index in [1.807, 2.05) is 0 Å². The van der Waals surface area contributed by atoms with Gasteiger partial charge in [0, 0.05) is 6.92 Å². The molecular weight excluding hydrogens is 262 g/mol. The number of halogens is 3. The van der Waals surface area contributed by atoms with Crippen molar-refractivity contribution < 1.29 is 14.3 Å². The van der Waals surface area contributed by atoms with Gasteiger partial charge in [0.05, 0.1) is 15.6 Å². The van der Waals surface area contributed by atoms with Crippen LogP contribution in [0.3, 0.4) is 0 Å². The van der Waals surface area contributed by atoms with Crippen LogP contribution in [0, 0.1) is 0 Å². The van der Waals surface area contributed by atoms with E-state index >= 15 is 0 Å². The highest BCUT2D eigenvalue weighted by molar-refractivity contribution is 6.69. The highest BCUT2D eigenvalue weighted by Crippen LogP contribution is 2.36. The first-order valence-corrected chi connectivity index (χ1v) is 4.93. The zero-order valence-corrected chi connectivity index (χ0v) is 9.78. The Kier molecular flexibility index (Phi) is 3.97. The van der Waals surface area contributed by atoms with Crippen LogP contribution < -0.4 is 4.74 Å². The predicted octanol–water partition coefficient (Wildman–Crippen LogP) is 3.30. The third-order valence-corrected chi connectivity index (χ3v) is 2.38. The second-order valence-corrected chi connectivity index (χ2v) is 3.73. The van der Waals surface area contributed by atoms with Crippen LogP contribution in [-0.2, 0) is 4.79 Å². The number of ether oxygens (including phenoxy) is 1. The van der Waals surface area contributed by atoms with E-state index in [1.165, 1.54) is 19.1 Å². The van der Waals surface area contributed by atoms with Crippen LogP contribution >= 0.6 is 34.8 Å². The van der Waals surface area contributed by atoms with Gasteiger partial charge in [0.25, 0.3) is 5.24 Å². The van der Waals surface area contributed by atoms with E-state index in [-0.39, 0.29) is 21.4 Å². The molecule has 0 spiro atoms. The maximum absolute atomic E-state index is 10.9. The van der Waals surface area contributed by atoms with E-state index in [2.05, 4.69) is 0 Å². The highest BCUT2D eigenvalue weighted by Gasteiger charge is 2.17. The van der Waals surface area contributed by atoms with Crippen LogP contribution in [0.4, 0.5) is 0 Å². The van der Waals surface area contributed by atoms with Crippen molar-refractivity contribution in [1.82, 2.24) is 0 Å². The molecule has 0 aliphatic carbocycles. The standard InChI is InChI=1S/C9H5Cl3O3/c1-4(13)15-8-6(10)3-2-5(7(8)11)9(12)14/h2-3H,1H3. The normalized spacial score (nSPS) is 9.87. The molecule has 1 rings (SSSR count). The quantitative estimate of drug-likeness (QED) is 0.469. The molecule has 0 saturated heterocycles. The molecule has 6 heteroatoms. The third kappa shape index (κ3) is 2.84. The molecule has 1 aromatic rings. The zero-order valence-electron chi connectivity index (χ0n) is 7.51. The summed E-state index contributed by atoms with van der Waals surface area (Å²) in [6.07, 6.45) is 0. The zero-order chi connectivity index (χ0) is 11.6. The molecule has 0 fully saturated rings. The van der Waals surface area contributed by atoms with E-state index in [1.54, 1.807) is 0 Å². The monoisotopic (exact) mass is 266 g/mol. The van der Waals surface area contributed by atoms with E-state index < -0.39 is 11.2 Å². The van der Waals surface area contributed by atoms with Crippen LogP contribution in [0.1, 0.15) is 17.3 Å². The van der Waals surface area contributed by atoms with Gasteiger partial charge >= 0.3 is 5.97 Å². The van der Waals surface area contributed by atoms with Crippen molar-refractivity contribution >= 4 is 46.0 Å². The fraction of sp³-hybridized carbons (Fsp3) is 0.111. The number of hydrogen-bond donors (Lipinski definition) is 0. The van der Waals surface area contributed by atoms with Gasteiger partial charge in [-0.05, 0) is 23.7 Å². The van der Waals surface area contributed by atoms with Crippen molar-refractivity contribution in [3.63, 3.8) is 0 Å². The largest absolute Gasteiger partial charge is 0.423 e. The second-order valence-electron chi connectivity index (χ2n) is 2.61. The summed E-state index contributed by atoms with van der Waals surface area (Å²) >= 11 is 16.8. The van der Waals surface area contributed by atoms with Gasteiger partial charge in [0.15, 0.2) is 5.75 Å². The van der Waals surface area contributed by atoms with Gasteiger partial charge in [0.2, 0.25) is 0 Å². The molecule has 0 atom stereocenters. The summed E-state index contributed by atoms with van der Waals surface area (Å²) in [5.41, 5.74) is 0.0407. The maximum atomic E-state index is 10.9. The van der Waals surface area contributed by atoms with Crippen molar-refractivity contribution in [3.8, 4) is 5.75 Å². The number of carbonyl (C=O) groups is 2. The average Bonchev–Trinajstić information content (AvgIpc) is 2.11. The lowest BCUT2D eigenvalue weighted by atomic mass is 10.2. The summed E-state index contributed by atoms with van der Waals surface area (Å²) in [5.74, 6) is -0.643. The van der Waals surface area contributed by atoms with Gasteiger partial charge in [0.1, 0.15) is 0 Å². The Labute approximate surface area is 101 Å². The first kappa shape index (κ1) is 12.3. The molecule has 0 heterocycles. The molecule has 0 aliphatic heterocycles. The molecule has 0 aromatic heterocycles. The van der Waals surface area contributed by atoms with E-state index in [0.29, 0.717) is 0 Å². The molecule has 0 amide bonds. The highest BCUT2D eigenvalue weighted by atomic mass is 35.5. The lowest BCUT2D eigenvalue weighted by Crippen LogP contribution is -2.04. The maximum Gasteiger partial charge on any atom is 0.308 e. The van der Waals surface area contributed by atoms with Crippen LogP contribution in [0.25, 0.3) is 0 Å². The average molecular weight is 267 g/mol. The summed E-state index contributed by atoms with van der Waals surface area (Å²) in [4.78, 5) is 21.7. The summed E-state index contributed by atoms with van der Waals surface area (Å²) in [5, 5.41) is -0.681. The summed E-state index contributed by atoms with van der Waals surface area (Å²) < 4.78 is 4.75. The Bertz CT molecular complexity index is 429. The van der Waals surface area contributed by atoms with Crippen molar-refractivity contribution in [3.05, 3.63) is 27.7 Å². The second kappa shape index (κ2) is 4.84. The first-order valence-electron chi connectivity index (χ1n) is 3.79. The molecule has 0 radical (unpaired) electrons. The number of hydrogen-bond acceptors (Lipinski definition) is 3. The lowest BCUT2D eigenvalue weighted by molar-refractivity contribution is -0.131. The number of carbonyl (C=O) groups excluding carboxylic acids is 2. The molecule has 0 aliphatic rings. The summed E-state index contributed by atoms with van der Waals surface area (Å²) in [6, 6.07) is 2.73. The van der Waals surface area contributed by atoms with Crippen molar-refractivity contribution in [2.45, 2.75) is 6.92 Å². The summed E-state index contributed by atoms with van der Waals surface area (Å²) in [7, 11) is 0. The van der Waals surface area contributed by atoms with Crippen LogP contribution in [0.5, 0.6) is 5.75 Å². The van der Waals surface area contributed by atoms with Gasteiger partial charge in [-0.3, -0.25) is 9.59 Å². The van der Waals surface area contributed by atoms with Crippen molar-refractivity contribution in [2.75, 3.05) is 0 Å². The van der Waals surface area contributed by atoms with Gasteiger partial charge in [-0.1, -0.05) is 23.2 Å². The Balaban J connectivity index is 3.29. The smallest absolute Gasteiger partial charge is 0.308 e. The molecule has 15 heavy (non-hydrogen) atoms. The van der Waals surface area contributed by atoms with Gasteiger partial charge in [-0.2, -0.15) is 0 Å². The fourth-order valence-corrected chi connectivity index (χ4v) is 1.66. The first-order chi connectivity index (χ1) is 6.93. The van der Waals surface area contributed by atoms with Crippen molar-refractivity contribution in [1.29, 1.82) is 0 Å². The van der Waals surface area contributed by atoms with Gasteiger partial charge in [-0.15, -0.1) is 0 Å². The minimum Gasteiger partial charge on any atom is -0.423 e. The van der Waals surface area contributed by atoms with Crippen molar-refractivity contribution in [2.24, 2.45) is 0 Å². The van der Waals surface area contributed by atoms with E-state index in [9.17, 15) is 9.59 Å². The van der Waals surface area contributed by atoms with Crippen LogP contribution in [0.2, 0.25) is 10.0 Å². The van der Waals surface area contributed by atoms with E-state index in [4.69, 9.17) is 39.5 Å². The molecule has 0 unspecified atom stereocenters. The minimum atomic E-state index is -0.745. The van der Waals surface area contributed by atoms with Crippen LogP contribution in [0.15, 0.2) is 12.1 Å². The number of esters is 1. The molecule has 0 bridgehead atoms. The molecule has 3 nitrogen and oxygen atoms in total. The summed E-state index contributed by atoms with van der Waals surface area (Å²) in [6.45, 7) is 1.20. The molecule has 1 aromatic carbocycles. The molecular formula is C9H5Cl3O3. The van der Waals surface area contributed by atoms with Crippen LogP contribution in [-0.4, -0.2) is 11.2 Å². The number of rotatable bonds is 2. The Morgan fingerprint density at radius 2 is 1.87 bits per heavy atom. The van der Waals surface area contributed by atoms with Gasteiger partial charge < -0.3 is 4.74 Å². The molecule has 0 N–H and O–H groups in total. The van der Waals surface area contributed by atoms with E-state index in [0.717, 1.165) is 0 Å². The Hall–Kier alpha value is -0.770. The molecule has 80 valence electrons. The predicted molar refractivity (Wildman–Crippen MR) is 58.0 cm³/mol. The Morgan fingerprint density at radius 3 is 2.33 bits per heavy atom. The molecule has 0 saturated carbocycles. The third-order valence-electron chi connectivity index (χ3n) is 1.51. The minimum absolute atomic E-state index is 0.0407. The SMILES string of the molecule is CC(=O)Oc1c(Cl)ccc(C(=O)Cl)c1Cl. The Morgan fingerprint density at radius 1 is 1.27 bits per heavy atom.